The number of rotatable bonds is 3. The van der Waals surface area contributed by atoms with E-state index in [-0.39, 0.29) is 5.41 Å². The first-order valence-electron chi connectivity index (χ1n) is 11.6. The standard InChI is InChI=1S/C32H27N/c1-32(2)28-15-7-6-13-27(28)31-29(32)16-9-17-30(31)33(3)24-20-18-23(19-21-24)26-14-8-11-22-10-4-5-12-25(22)26/h4-21H,1-3H3. The Morgan fingerprint density at radius 2 is 1.21 bits per heavy atom. The SMILES string of the molecule is CN(c1ccc(-c2cccc3ccccc23)cc1)c1cccc2c1-c1ccccc1C2(C)C. The number of hydrogen-bond acceptors (Lipinski definition) is 1. The molecule has 0 spiro atoms. The van der Waals surface area contributed by atoms with Gasteiger partial charge in [0.2, 0.25) is 0 Å². The molecule has 0 atom stereocenters. The molecule has 0 saturated heterocycles. The summed E-state index contributed by atoms with van der Waals surface area (Å²) < 4.78 is 0. The molecule has 6 rings (SSSR count). The first kappa shape index (κ1) is 19.8. The van der Waals surface area contributed by atoms with Crippen LogP contribution in [0.4, 0.5) is 11.4 Å². The Kier molecular flexibility index (Phi) is 4.41. The average Bonchev–Trinajstić information content (AvgIpc) is 3.10. The van der Waals surface area contributed by atoms with E-state index in [1.165, 1.54) is 55.5 Å². The van der Waals surface area contributed by atoms with Crippen molar-refractivity contribution in [1.82, 2.24) is 0 Å². The molecule has 0 heterocycles. The number of hydrogen-bond donors (Lipinski definition) is 0. The zero-order valence-corrected chi connectivity index (χ0v) is 19.3. The Labute approximate surface area is 195 Å². The van der Waals surface area contributed by atoms with Crippen LogP contribution < -0.4 is 4.90 Å². The molecule has 0 aliphatic heterocycles. The lowest BCUT2D eigenvalue weighted by Crippen LogP contribution is -2.15. The Balaban J connectivity index is 1.42. The summed E-state index contributed by atoms with van der Waals surface area (Å²) >= 11 is 0. The van der Waals surface area contributed by atoms with Gasteiger partial charge in [-0.2, -0.15) is 0 Å². The number of nitrogens with zero attached hydrogens (tertiary/aromatic N) is 1. The highest BCUT2D eigenvalue weighted by Gasteiger charge is 2.36. The topological polar surface area (TPSA) is 3.24 Å². The quantitative estimate of drug-likeness (QED) is 0.280. The van der Waals surface area contributed by atoms with Crippen molar-refractivity contribution in [3.63, 3.8) is 0 Å². The summed E-state index contributed by atoms with van der Waals surface area (Å²) in [5.41, 5.74) is 10.5. The van der Waals surface area contributed by atoms with Gasteiger partial charge in [0.1, 0.15) is 0 Å². The zero-order valence-electron chi connectivity index (χ0n) is 19.3. The predicted octanol–water partition coefficient (Wildman–Crippen LogP) is 8.58. The molecule has 1 nitrogen and oxygen atoms in total. The number of fused-ring (bicyclic) bond motifs is 4. The average molecular weight is 426 g/mol. The van der Waals surface area contributed by atoms with Crippen molar-refractivity contribution in [2.24, 2.45) is 0 Å². The maximum absolute atomic E-state index is 2.33. The molecule has 1 aliphatic carbocycles. The number of benzene rings is 5. The predicted molar refractivity (Wildman–Crippen MR) is 141 cm³/mol. The molecule has 0 N–H and O–H groups in total. The Hall–Kier alpha value is -3.84. The van der Waals surface area contributed by atoms with Gasteiger partial charge in [-0.25, -0.2) is 0 Å². The summed E-state index contributed by atoms with van der Waals surface area (Å²) in [4.78, 5) is 2.32. The van der Waals surface area contributed by atoms with Gasteiger partial charge in [-0.15, -0.1) is 0 Å². The van der Waals surface area contributed by atoms with Crippen molar-refractivity contribution in [3.8, 4) is 22.3 Å². The van der Waals surface area contributed by atoms with E-state index in [0.29, 0.717) is 0 Å². The van der Waals surface area contributed by atoms with Gasteiger partial charge in [-0.1, -0.05) is 105 Å². The molecule has 0 aromatic heterocycles. The maximum atomic E-state index is 2.33. The molecule has 160 valence electrons. The lowest BCUT2D eigenvalue weighted by molar-refractivity contribution is 0.660. The molecular weight excluding hydrogens is 398 g/mol. The zero-order chi connectivity index (χ0) is 22.6. The van der Waals surface area contributed by atoms with Gasteiger partial charge in [0.05, 0.1) is 0 Å². The molecule has 0 fully saturated rings. The van der Waals surface area contributed by atoms with Crippen molar-refractivity contribution in [2.75, 3.05) is 11.9 Å². The van der Waals surface area contributed by atoms with Crippen LogP contribution in [0.15, 0.2) is 109 Å². The van der Waals surface area contributed by atoms with Crippen LogP contribution in [0.25, 0.3) is 33.0 Å². The van der Waals surface area contributed by atoms with Gasteiger partial charge in [0, 0.05) is 29.4 Å². The molecule has 5 aromatic rings. The van der Waals surface area contributed by atoms with Crippen LogP contribution in [-0.4, -0.2) is 7.05 Å². The summed E-state index contributed by atoms with van der Waals surface area (Å²) in [6.07, 6.45) is 0. The summed E-state index contributed by atoms with van der Waals surface area (Å²) in [5, 5.41) is 2.57. The van der Waals surface area contributed by atoms with Crippen LogP contribution >= 0.6 is 0 Å². The fourth-order valence-corrected chi connectivity index (χ4v) is 5.50. The van der Waals surface area contributed by atoms with E-state index in [2.05, 4.69) is 135 Å². The van der Waals surface area contributed by atoms with Gasteiger partial charge in [0.25, 0.3) is 0 Å². The first-order chi connectivity index (χ1) is 16.1. The fourth-order valence-electron chi connectivity index (χ4n) is 5.50. The van der Waals surface area contributed by atoms with Gasteiger partial charge in [0.15, 0.2) is 0 Å². The van der Waals surface area contributed by atoms with E-state index in [1.807, 2.05) is 0 Å². The van der Waals surface area contributed by atoms with Crippen LogP contribution in [-0.2, 0) is 5.41 Å². The van der Waals surface area contributed by atoms with E-state index in [9.17, 15) is 0 Å². The molecule has 1 aliphatic rings. The lowest BCUT2D eigenvalue weighted by Gasteiger charge is -2.25. The van der Waals surface area contributed by atoms with Crippen LogP contribution in [0.2, 0.25) is 0 Å². The van der Waals surface area contributed by atoms with Crippen molar-refractivity contribution < 1.29 is 0 Å². The molecule has 1 heteroatoms. The second-order valence-corrected chi connectivity index (χ2v) is 9.50. The van der Waals surface area contributed by atoms with Crippen molar-refractivity contribution in [2.45, 2.75) is 19.3 Å². The summed E-state index contributed by atoms with van der Waals surface area (Å²) in [5.74, 6) is 0. The Bertz CT molecular complexity index is 1490. The van der Waals surface area contributed by atoms with E-state index in [0.717, 1.165) is 0 Å². The highest BCUT2D eigenvalue weighted by atomic mass is 15.1. The molecule has 5 aromatic carbocycles. The second kappa shape index (κ2) is 7.35. The molecular formula is C32H27N. The third kappa shape index (κ3) is 3.00. The Morgan fingerprint density at radius 3 is 2.06 bits per heavy atom. The summed E-state index contributed by atoms with van der Waals surface area (Å²) in [6.45, 7) is 4.67. The molecule has 0 unspecified atom stereocenters. The highest BCUT2D eigenvalue weighted by Crippen LogP contribution is 2.52. The molecule has 0 bridgehead atoms. The minimum absolute atomic E-state index is 0.0149. The van der Waals surface area contributed by atoms with Crippen molar-refractivity contribution in [3.05, 3.63) is 120 Å². The van der Waals surface area contributed by atoms with Crippen LogP contribution in [0.3, 0.4) is 0 Å². The molecule has 0 amide bonds. The van der Waals surface area contributed by atoms with E-state index < -0.39 is 0 Å². The minimum Gasteiger partial charge on any atom is -0.344 e. The summed E-state index contributed by atoms with van der Waals surface area (Å²) in [7, 11) is 2.18. The van der Waals surface area contributed by atoms with Crippen LogP contribution in [0.1, 0.15) is 25.0 Å². The third-order valence-corrected chi connectivity index (χ3v) is 7.30. The van der Waals surface area contributed by atoms with Crippen LogP contribution in [0.5, 0.6) is 0 Å². The van der Waals surface area contributed by atoms with Crippen molar-refractivity contribution >= 4 is 22.1 Å². The molecule has 33 heavy (non-hydrogen) atoms. The fraction of sp³-hybridized carbons (Fsp3) is 0.125. The second-order valence-electron chi connectivity index (χ2n) is 9.50. The minimum atomic E-state index is 0.0149. The normalized spacial score (nSPS) is 13.5. The van der Waals surface area contributed by atoms with Gasteiger partial charge in [-0.3, -0.25) is 0 Å². The highest BCUT2D eigenvalue weighted by molar-refractivity contribution is 5.97. The molecule has 0 saturated carbocycles. The first-order valence-corrected chi connectivity index (χ1v) is 11.6. The Morgan fingerprint density at radius 1 is 0.576 bits per heavy atom. The van der Waals surface area contributed by atoms with Crippen molar-refractivity contribution in [1.29, 1.82) is 0 Å². The lowest BCUT2D eigenvalue weighted by atomic mass is 9.82. The smallest absolute Gasteiger partial charge is 0.0491 e. The van der Waals surface area contributed by atoms with Gasteiger partial charge in [-0.05, 0) is 56.8 Å². The van der Waals surface area contributed by atoms with Gasteiger partial charge < -0.3 is 4.90 Å². The van der Waals surface area contributed by atoms with Crippen LogP contribution in [0, 0.1) is 0 Å². The summed E-state index contributed by atoms with van der Waals surface area (Å²) in [6, 6.07) is 39.7. The van der Waals surface area contributed by atoms with E-state index in [1.54, 1.807) is 0 Å². The number of anilines is 2. The maximum Gasteiger partial charge on any atom is 0.0491 e. The monoisotopic (exact) mass is 425 g/mol. The third-order valence-electron chi connectivity index (χ3n) is 7.30. The van der Waals surface area contributed by atoms with E-state index >= 15 is 0 Å². The van der Waals surface area contributed by atoms with E-state index in [4.69, 9.17) is 0 Å². The largest absolute Gasteiger partial charge is 0.344 e. The van der Waals surface area contributed by atoms with Gasteiger partial charge >= 0.3 is 0 Å². The molecule has 0 radical (unpaired) electrons.